The lowest BCUT2D eigenvalue weighted by molar-refractivity contribution is -0.140. The number of hydrogen-bond donors (Lipinski definition) is 0. The average Bonchev–Trinajstić information content (AvgIpc) is 2.24. The second-order valence-corrected chi connectivity index (χ2v) is 2.91. The Morgan fingerprint density at radius 1 is 1.27 bits per heavy atom. The van der Waals surface area contributed by atoms with Crippen molar-refractivity contribution in [3.05, 3.63) is 35.1 Å². The van der Waals surface area contributed by atoms with Crippen molar-refractivity contribution in [1.82, 2.24) is 0 Å². The molecular weight excluding hydrogens is 209 g/mol. The highest BCUT2D eigenvalue weighted by molar-refractivity contribution is 5.69. The minimum atomic E-state index is -1.52. The van der Waals surface area contributed by atoms with Crippen molar-refractivity contribution in [2.75, 3.05) is 7.11 Å². The summed E-state index contributed by atoms with van der Waals surface area (Å²) >= 11 is 0. The van der Waals surface area contributed by atoms with Crippen LogP contribution in [0.4, 0.5) is 13.2 Å². The number of aryl methyl sites for hydroxylation is 1. The Labute approximate surface area is 84.7 Å². The number of hydrogen-bond acceptors (Lipinski definition) is 2. The average molecular weight is 218 g/mol. The lowest BCUT2D eigenvalue weighted by Crippen LogP contribution is -2.04. The van der Waals surface area contributed by atoms with Gasteiger partial charge in [-0.2, -0.15) is 0 Å². The van der Waals surface area contributed by atoms with E-state index >= 15 is 0 Å². The van der Waals surface area contributed by atoms with Crippen LogP contribution in [0.5, 0.6) is 0 Å². The monoisotopic (exact) mass is 218 g/mol. The molecule has 0 saturated heterocycles. The van der Waals surface area contributed by atoms with Gasteiger partial charge in [-0.1, -0.05) is 6.07 Å². The van der Waals surface area contributed by atoms with Crippen LogP contribution in [0.15, 0.2) is 12.1 Å². The predicted molar refractivity (Wildman–Crippen MR) is 46.7 cm³/mol. The Morgan fingerprint density at radius 3 is 2.53 bits per heavy atom. The Kier molecular flexibility index (Phi) is 3.71. The molecule has 0 aromatic heterocycles. The van der Waals surface area contributed by atoms with Gasteiger partial charge in [0.05, 0.1) is 7.11 Å². The van der Waals surface area contributed by atoms with Crippen LogP contribution in [0.1, 0.15) is 12.0 Å². The standard InChI is InChI=1S/C10H9F3O2/c1-15-8(14)5-3-6-2-4-7(11)10(13)9(6)12/h2,4H,3,5H2,1H3. The number of esters is 1. The summed E-state index contributed by atoms with van der Waals surface area (Å²) in [6, 6.07) is 1.93. The summed E-state index contributed by atoms with van der Waals surface area (Å²) in [7, 11) is 1.20. The Bertz CT molecular complexity index is 377. The zero-order valence-corrected chi connectivity index (χ0v) is 8.02. The lowest BCUT2D eigenvalue weighted by Gasteiger charge is -2.03. The molecule has 0 aliphatic heterocycles. The van der Waals surface area contributed by atoms with Gasteiger partial charge in [0.15, 0.2) is 17.5 Å². The number of benzene rings is 1. The van der Waals surface area contributed by atoms with Gasteiger partial charge in [-0.3, -0.25) is 4.79 Å². The molecule has 0 aliphatic rings. The van der Waals surface area contributed by atoms with Crippen molar-refractivity contribution in [2.45, 2.75) is 12.8 Å². The number of ether oxygens (including phenoxy) is 1. The molecule has 15 heavy (non-hydrogen) atoms. The number of carbonyl (C=O) groups is 1. The highest BCUT2D eigenvalue weighted by Gasteiger charge is 2.14. The van der Waals surface area contributed by atoms with Gasteiger partial charge >= 0.3 is 5.97 Å². The fourth-order valence-corrected chi connectivity index (χ4v) is 1.10. The first kappa shape index (κ1) is 11.6. The van der Waals surface area contributed by atoms with Crippen LogP contribution in [0.3, 0.4) is 0 Å². The number of carbonyl (C=O) groups excluding carboxylic acids is 1. The van der Waals surface area contributed by atoms with Crippen LogP contribution in [-0.2, 0) is 16.0 Å². The second-order valence-electron chi connectivity index (χ2n) is 2.91. The van der Waals surface area contributed by atoms with Crippen LogP contribution in [-0.4, -0.2) is 13.1 Å². The van der Waals surface area contributed by atoms with Crippen LogP contribution in [0.25, 0.3) is 0 Å². The van der Waals surface area contributed by atoms with E-state index in [1.807, 2.05) is 0 Å². The largest absolute Gasteiger partial charge is 0.469 e. The zero-order valence-electron chi connectivity index (χ0n) is 8.02. The SMILES string of the molecule is COC(=O)CCc1ccc(F)c(F)c1F. The van der Waals surface area contributed by atoms with Gasteiger partial charge in [-0.05, 0) is 18.1 Å². The fraction of sp³-hybridized carbons (Fsp3) is 0.300. The number of halogens is 3. The first-order valence-corrected chi connectivity index (χ1v) is 4.25. The van der Waals surface area contributed by atoms with E-state index in [0.717, 1.165) is 12.1 Å². The van der Waals surface area contributed by atoms with Gasteiger partial charge in [-0.25, -0.2) is 13.2 Å². The van der Waals surface area contributed by atoms with E-state index in [1.165, 1.54) is 7.11 Å². The Morgan fingerprint density at radius 2 is 1.93 bits per heavy atom. The van der Waals surface area contributed by atoms with Gasteiger partial charge < -0.3 is 4.74 Å². The molecule has 1 aromatic rings. The molecule has 0 radical (unpaired) electrons. The molecule has 0 unspecified atom stereocenters. The molecule has 0 aliphatic carbocycles. The third kappa shape index (κ3) is 2.71. The summed E-state index contributed by atoms with van der Waals surface area (Å²) in [6.45, 7) is 0. The summed E-state index contributed by atoms with van der Waals surface area (Å²) in [6.07, 6.45) is -0.0891. The fourth-order valence-electron chi connectivity index (χ4n) is 1.10. The van der Waals surface area contributed by atoms with E-state index in [-0.39, 0.29) is 18.4 Å². The minimum absolute atomic E-state index is 0.0181. The maximum atomic E-state index is 13.0. The number of rotatable bonds is 3. The maximum Gasteiger partial charge on any atom is 0.305 e. The molecule has 0 bridgehead atoms. The molecule has 0 fully saturated rings. The first-order valence-electron chi connectivity index (χ1n) is 4.25. The minimum Gasteiger partial charge on any atom is -0.469 e. The van der Waals surface area contributed by atoms with Crippen molar-refractivity contribution in [1.29, 1.82) is 0 Å². The normalized spacial score (nSPS) is 10.1. The van der Waals surface area contributed by atoms with Crippen LogP contribution in [0, 0.1) is 17.5 Å². The van der Waals surface area contributed by atoms with Crippen LogP contribution >= 0.6 is 0 Å². The van der Waals surface area contributed by atoms with Gasteiger partial charge in [-0.15, -0.1) is 0 Å². The molecule has 0 amide bonds. The van der Waals surface area contributed by atoms with Crippen molar-refractivity contribution in [2.24, 2.45) is 0 Å². The smallest absolute Gasteiger partial charge is 0.305 e. The molecule has 1 rings (SSSR count). The molecule has 5 heteroatoms. The Hall–Kier alpha value is -1.52. The third-order valence-electron chi connectivity index (χ3n) is 1.94. The molecule has 82 valence electrons. The quantitative estimate of drug-likeness (QED) is 0.574. The first-order chi connectivity index (χ1) is 7.06. The summed E-state index contributed by atoms with van der Waals surface area (Å²) in [5.74, 6) is -4.54. The van der Waals surface area contributed by atoms with Crippen molar-refractivity contribution >= 4 is 5.97 Å². The van der Waals surface area contributed by atoms with Crippen LogP contribution < -0.4 is 0 Å². The molecule has 0 atom stereocenters. The zero-order chi connectivity index (χ0) is 11.4. The molecule has 0 heterocycles. The molecule has 0 N–H and O–H groups in total. The van der Waals surface area contributed by atoms with Gasteiger partial charge in [0, 0.05) is 6.42 Å². The second kappa shape index (κ2) is 4.82. The van der Waals surface area contributed by atoms with E-state index in [0.29, 0.717) is 0 Å². The van der Waals surface area contributed by atoms with E-state index < -0.39 is 23.4 Å². The summed E-state index contributed by atoms with van der Waals surface area (Å²) in [5.41, 5.74) is -0.0423. The molecule has 2 nitrogen and oxygen atoms in total. The predicted octanol–water partition coefficient (Wildman–Crippen LogP) is 2.21. The summed E-state index contributed by atoms with van der Waals surface area (Å²) in [5, 5.41) is 0. The van der Waals surface area contributed by atoms with Gasteiger partial charge in [0.1, 0.15) is 0 Å². The molecule has 1 aromatic carbocycles. The highest BCUT2D eigenvalue weighted by Crippen LogP contribution is 2.16. The summed E-state index contributed by atoms with van der Waals surface area (Å²) < 4.78 is 42.6. The van der Waals surface area contributed by atoms with E-state index in [4.69, 9.17) is 0 Å². The summed E-state index contributed by atoms with van der Waals surface area (Å²) in [4.78, 5) is 10.7. The third-order valence-corrected chi connectivity index (χ3v) is 1.94. The number of methoxy groups -OCH3 is 1. The Balaban J connectivity index is 2.78. The molecular formula is C10H9F3O2. The topological polar surface area (TPSA) is 26.3 Å². The van der Waals surface area contributed by atoms with Crippen molar-refractivity contribution in [3.63, 3.8) is 0 Å². The van der Waals surface area contributed by atoms with Gasteiger partial charge in [0.25, 0.3) is 0 Å². The van der Waals surface area contributed by atoms with E-state index in [1.54, 1.807) is 0 Å². The van der Waals surface area contributed by atoms with Crippen molar-refractivity contribution in [3.8, 4) is 0 Å². The van der Waals surface area contributed by atoms with Crippen molar-refractivity contribution < 1.29 is 22.7 Å². The van der Waals surface area contributed by atoms with Crippen LogP contribution in [0.2, 0.25) is 0 Å². The van der Waals surface area contributed by atoms with Gasteiger partial charge in [0.2, 0.25) is 0 Å². The van der Waals surface area contributed by atoms with E-state index in [2.05, 4.69) is 4.74 Å². The lowest BCUT2D eigenvalue weighted by atomic mass is 10.1. The maximum absolute atomic E-state index is 13.0. The highest BCUT2D eigenvalue weighted by atomic mass is 19.2. The molecule has 0 spiro atoms. The molecule has 0 saturated carbocycles. The van der Waals surface area contributed by atoms with E-state index in [9.17, 15) is 18.0 Å².